The normalized spacial score (nSPS) is 10.3. The minimum atomic E-state index is -0.630. The molecule has 17 heavy (non-hydrogen) atoms. The van der Waals surface area contributed by atoms with E-state index >= 15 is 0 Å². The van der Waals surface area contributed by atoms with Crippen molar-refractivity contribution in [3.8, 4) is 0 Å². The lowest BCUT2D eigenvalue weighted by atomic mass is 10.1. The van der Waals surface area contributed by atoms with E-state index in [4.69, 9.17) is 23.2 Å². The van der Waals surface area contributed by atoms with Gasteiger partial charge >= 0.3 is 0 Å². The standard InChI is InChI=1S/C11H11Cl2NO3/c1-2-3-4-11(15)7-5-9(13)10(14(16)17)6-8(7)12/h5-6H,2-4H2,1H3. The van der Waals surface area contributed by atoms with Crippen molar-refractivity contribution in [1.82, 2.24) is 0 Å². The maximum atomic E-state index is 11.7. The molecule has 0 spiro atoms. The van der Waals surface area contributed by atoms with Crippen LogP contribution in [0.1, 0.15) is 36.5 Å². The van der Waals surface area contributed by atoms with E-state index in [0.717, 1.165) is 18.9 Å². The first-order chi connectivity index (χ1) is 7.97. The molecule has 0 radical (unpaired) electrons. The number of hydrogen-bond donors (Lipinski definition) is 0. The molecule has 0 amide bonds. The van der Waals surface area contributed by atoms with Crippen LogP contribution in [0.2, 0.25) is 10.0 Å². The lowest BCUT2D eigenvalue weighted by Crippen LogP contribution is -2.01. The first-order valence-electron chi connectivity index (χ1n) is 5.14. The molecule has 0 saturated heterocycles. The smallest absolute Gasteiger partial charge is 0.289 e. The van der Waals surface area contributed by atoms with Gasteiger partial charge in [-0.3, -0.25) is 14.9 Å². The summed E-state index contributed by atoms with van der Waals surface area (Å²) in [5, 5.41) is 10.6. The Balaban J connectivity index is 3.07. The summed E-state index contributed by atoms with van der Waals surface area (Å²) in [6, 6.07) is 2.38. The van der Waals surface area contributed by atoms with Crippen molar-refractivity contribution in [2.75, 3.05) is 0 Å². The van der Waals surface area contributed by atoms with Crippen molar-refractivity contribution < 1.29 is 9.72 Å². The maximum absolute atomic E-state index is 11.7. The second kappa shape index (κ2) is 5.98. The molecule has 0 atom stereocenters. The summed E-state index contributed by atoms with van der Waals surface area (Å²) >= 11 is 11.6. The number of Topliss-reactive ketones (excluding diaryl/α,β-unsaturated/α-hetero) is 1. The summed E-state index contributed by atoms with van der Waals surface area (Å²) in [6.45, 7) is 1.97. The fraction of sp³-hybridized carbons (Fsp3) is 0.364. The molecule has 0 unspecified atom stereocenters. The Morgan fingerprint density at radius 2 is 2.00 bits per heavy atom. The molecule has 92 valence electrons. The number of ketones is 1. The molecule has 1 aromatic carbocycles. The predicted molar refractivity (Wildman–Crippen MR) is 67.0 cm³/mol. The SMILES string of the molecule is CCCCC(=O)c1cc(Cl)c([N+](=O)[O-])cc1Cl. The number of nitrogens with zero attached hydrogens (tertiary/aromatic N) is 1. The van der Waals surface area contributed by atoms with Gasteiger partial charge in [-0.15, -0.1) is 0 Å². The van der Waals surface area contributed by atoms with E-state index in [1.165, 1.54) is 6.07 Å². The van der Waals surface area contributed by atoms with Crippen molar-refractivity contribution in [1.29, 1.82) is 0 Å². The number of rotatable bonds is 5. The van der Waals surface area contributed by atoms with Crippen LogP contribution in [0, 0.1) is 10.1 Å². The summed E-state index contributed by atoms with van der Waals surface area (Å²) < 4.78 is 0. The molecule has 4 nitrogen and oxygen atoms in total. The molecule has 0 aliphatic heterocycles. The Kier molecular flexibility index (Phi) is 4.90. The third kappa shape index (κ3) is 3.41. The zero-order chi connectivity index (χ0) is 13.0. The average molecular weight is 276 g/mol. The number of nitro benzene ring substituents is 1. The van der Waals surface area contributed by atoms with Gasteiger partial charge in [0.2, 0.25) is 0 Å². The van der Waals surface area contributed by atoms with Crippen molar-refractivity contribution >= 4 is 34.7 Å². The lowest BCUT2D eigenvalue weighted by molar-refractivity contribution is -0.384. The molecule has 0 heterocycles. The second-order valence-corrected chi connectivity index (χ2v) is 4.38. The highest BCUT2D eigenvalue weighted by Gasteiger charge is 2.19. The highest BCUT2D eigenvalue weighted by Crippen LogP contribution is 2.31. The summed E-state index contributed by atoms with van der Waals surface area (Å²) in [6.07, 6.45) is 2.01. The molecule has 0 N–H and O–H groups in total. The first kappa shape index (κ1) is 13.9. The molecule has 1 aromatic rings. The van der Waals surface area contributed by atoms with Crippen LogP contribution in [0.3, 0.4) is 0 Å². The zero-order valence-electron chi connectivity index (χ0n) is 9.20. The van der Waals surface area contributed by atoms with E-state index in [9.17, 15) is 14.9 Å². The van der Waals surface area contributed by atoms with Gasteiger partial charge in [0.25, 0.3) is 5.69 Å². The molecule has 0 aromatic heterocycles. The number of nitro groups is 1. The third-order valence-electron chi connectivity index (χ3n) is 2.29. The second-order valence-electron chi connectivity index (χ2n) is 3.57. The Hall–Kier alpha value is -1.13. The summed E-state index contributed by atoms with van der Waals surface area (Å²) in [7, 11) is 0. The molecular formula is C11H11Cl2NO3. The van der Waals surface area contributed by atoms with Crippen molar-refractivity contribution in [3.05, 3.63) is 37.9 Å². The molecule has 0 aliphatic carbocycles. The van der Waals surface area contributed by atoms with Gasteiger partial charge in [-0.1, -0.05) is 36.5 Å². The summed E-state index contributed by atoms with van der Waals surface area (Å²) in [4.78, 5) is 21.7. The zero-order valence-corrected chi connectivity index (χ0v) is 10.7. The van der Waals surface area contributed by atoms with Gasteiger partial charge in [0.1, 0.15) is 5.02 Å². The molecule has 6 heteroatoms. The molecule has 0 fully saturated rings. The van der Waals surface area contributed by atoms with Crippen LogP contribution in [-0.4, -0.2) is 10.7 Å². The fourth-order valence-corrected chi connectivity index (χ4v) is 1.86. The number of unbranched alkanes of at least 4 members (excludes halogenated alkanes) is 1. The van der Waals surface area contributed by atoms with E-state index in [1.54, 1.807) is 0 Å². The maximum Gasteiger partial charge on any atom is 0.289 e. The summed E-state index contributed by atoms with van der Waals surface area (Å²) in [5.41, 5.74) is -0.0422. The number of benzene rings is 1. The van der Waals surface area contributed by atoms with Crippen molar-refractivity contribution in [2.24, 2.45) is 0 Å². The number of carbonyl (C=O) groups excluding carboxylic acids is 1. The van der Waals surface area contributed by atoms with Gasteiger partial charge in [-0.05, 0) is 12.5 Å². The van der Waals surface area contributed by atoms with Crippen molar-refractivity contribution in [2.45, 2.75) is 26.2 Å². The third-order valence-corrected chi connectivity index (χ3v) is 2.91. The largest absolute Gasteiger partial charge is 0.294 e. The average Bonchev–Trinajstić information content (AvgIpc) is 2.28. The van der Waals surface area contributed by atoms with Crippen LogP contribution < -0.4 is 0 Å². The van der Waals surface area contributed by atoms with E-state index in [2.05, 4.69) is 0 Å². The van der Waals surface area contributed by atoms with Gasteiger partial charge in [-0.25, -0.2) is 0 Å². The predicted octanol–water partition coefficient (Wildman–Crippen LogP) is 4.27. The topological polar surface area (TPSA) is 60.2 Å². The van der Waals surface area contributed by atoms with Gasteiger partial charge in [-0.2, -0.15) is 0 Å². The monoisotopic (exact) mass is 275 g/mol. The Morgan fingerprint density at radius 1 is 1.35 bits per heavy atom. The van der Waals surface area contributed by atoms with Crippen LogP contribution in [-0.2, 0) is 0 Å². The minimum absolute atomic E-state index is 0.0701. The Labute approximate surface area is 109 Å². The van der Waals surface area contributed by atoms with Crippen LogP contribution in [0.5, 0.6) is 0 Å². The van der Waals surface area contributed by atoms with Gasteiger partial charge < -0.3 is 0 Å². The highest BCUT2D eigenvalue weighted by molar-refractivity contribution is 6.37. The molecule has 0 aliphatic rings. The van der Waals surface area contributed by atoms with E-state index < -0.39 is 4.92 Å². The summed E-state index contributed by atoms with van der Waals surface area (Å²) in [5.74, 6) is -0.145. The van der Waals surface area contributed by atoms with E-state index in [1.807, 2.05) is 6.92 Å². The van der Waals surface area contributed by atoms with Crippen LogP contribution in [0.4, 0.5) is 5.69 Å². The first-order valence-corrected chi connectivity index (χ1v) is 5.89. The number of carbonyl (C=O) groups is 1. The van der Waals surface area contributed by atoms with Gasteiger partial charge in [0.15, 0.2) is 5.78 Å². The van der Waals surface area contributed by atoms with Crippen molar-refractivity contribution in [3.63, 3.8) is 0 Å². The van der Waals surface area contributed by atoms with Crippen LogP contribution >= 0.6 is 23.2 Å². The van der Waals surface area contributed by atoms with Gasteiger partial charge in [0, 0.05) is 18.1 Å². The Morgan fingerprint density at radius 3 is 2.53 bits per heavy atom. The molecule has 1 rings (SSSR count). The quantitative estimate of drug-likeness (QED) is 0.458. The number of halogens is 2. The highest BCUT2D eigenvalue weighted by atomic mass is 35.5. The number of hydrogen-bond acceptors (Lipinski definition) is 3. The minimum Gasteiger partial charge on any atom is -0.294 e. The molecule has 0 saturated carbocycles. The van der Waals surface area contributed by atoms with Gasteiger partial charge in [0.05, 0.1) is 9.95 Å². The fourth-order valence-electron chi connectivity index (χ4n) is 1.36. The van der Waals surface area contributed by atoms with Crippen LogP contribution in [0.15, 0.2) is 12.1 Å². The Bertz CT molecular complexity index is 460. The van der Waals surface area contributed by atoms with Crippen LogP contribution in [0.25, 0.3) is 0 Å². The lowest BCUT2D eigenvalue weighted by Gasteiger charge is -2.04. The van der Waals surface area contributed by atoms with E-state index in [-0.39, 0.29) is 27.1 Å². The molecule has 0 bridgehead atoms. The van der Waals surface area contributed by atoms with E-state index in [0.29, 0.717) is 6.42 Å². The molecular weight excluding hydrogens is 265 g/mol.